The second-order valence-electron chi connectivity index (χ2n) is 7.40. The van der Waals surface area contributed by atoms with Crippen LogP contribution in [0, 0.1) is 6.92 Å². The summed E-state index contributed by atoms with van der Waals surface area (Å²) in [5, 5.41) is 4.63. The zero-order valence-corrected chi connectivity index (χ0v) is 16.6. The number of pyridine rings is 2. The minimum Gasteiger partial charge on any atom is -0.437 e. The van der Waals surface area contributed by atoms with Gasteiger partial charge < -0.3 is 4.74 Å². The summed E-state index contributed by atoms with van der Waals surface area (Å²) in [6.07, 6.45) is 12.2. The van der Waals surface area contributed by atoms with Crippen LogP contribution in [0.4, 0.5) is 0 Å². The average molecular weight is 377 g/mol. The summed E-state index contributed by atoms with van der Waals surface area (Å²) in [4.78, 5) is 10.9. The number of ether oxygens (including phenoxy) is 1. The molecule has 1 aliphatic rings. The standard InChI is InChI=1S/C22H27N5O/c1-17-20(22(26(2)25-17)28-19-7-6-11-24-15-19)16-27-14-5-3-4-8-21(27)18-9-12-23-13-10-18/h6-7,9-13,15,21H,3-5,8,14,16H2,1-2H3/t21-/m1/s1. The molecule has 1 fully saturated rings. The van der Waals surface area contributed by atoms with Crippen LogP contribution in [0.1, 0.15) is 48.5 Å². The van der Waals surface area contributed by atoms with Gasteiger partial charge in [0, 0.05) is 38.2 Å². The first-order chi connectivity index (χ1) is 13.7. The smallest absolute Gasteiger partial charge is 0.222 e. The first-order valence-corrected chi connectivity index (χ1v) is 9.96. The van der Waals surface area contributed by atoms with Crippen LogP contribution in [0.25, 0.3) is 0 Å². The normalized spacial score (nSPS) is 18.0. The van der Waals surface area contributed by atoms with Crippen LogP contribution in [0.15, 0.2) is 49.1 Å². The van der Waals surface area contributed by atoms with E-state index in [0.717, 1.165) is 36.0 Å². The van der Waals surface area contributed by atoms with E-state index < -0.39 is 0 Å². The number of likely N-dealkylation sites (tertiary alicyclic amines) is 1. The molecule has 4 heterocycles. The van der Waals surface area contributed by atoms with Gasteiger partial charge in [0.1, 0.15) is 5.75 Å². The van der Waals surface area contributed by atoms with Crippen LogP contribution < -0.4 is 4.74 Å². The molecule has 0 bridgehead atoms. The molecule has 6 nitrogen and oxygen atoms in total. The fourth-order valence-corrected chi connectivity index (χ4v) is 4.03. The van der Waals surface area contributed by atoms with E-state index in [2.05, 4.69) is 39.0 Å². The van der Waals surface area contributed by atoms with Gasteiger partial charge in [-0.25, -0.2) is 4.68 Å². The van der Waals surface area contributed by atoms with Gasteiger partial charge in [-0.1, -0.05) is 12.8 Å². The molecule has 0 radical (unpaired) electrons. The second kappa shape index (κ2) is 8.52. The van der Waals surface area contributed by atoms with Gasteiger partial charge in [-0.15, -0.1) is 0 Å². The lowest BCUT2D eigenvalue weighted by molar-refractivity contribution is 0.190. The zero-order valence-electron chi connectivity index (χ0n) is 16.6. The Hall–Kier alpha value is -2.73. The monoisotopic (exact) mass is 377 g/mol. The molecule has 4 rings (SSSR count). The molecule has 1 saturated heterocycles. The highest BCUT2D eigenvalue weighted by molar-refractivity contribution is 5.35. The quantitative estimate of drug-likeness (QED) is 0.658. The van der Waals surface area contributed by atoms with Gasteiger partial charge in [0.05, 0.1) is 17.5 Å². The van der Waals surface area contributed by atoms with Gasteiger partial charge in [0.15, 0.2) is 0 Å². The highest BCUT2D eigenvalue weighted by Gasteiger charge is 2.26. The van der Waals surface area contributed by atoms with E-state index in [9.17, 15) is 0 Å². The highest BCUT2D eigenvalue weighted by atomic mass is 16.5. The van der Waals surface area contributed by atoms with Crippen molar-refractivity contribution in [2.24, 2.45) is 7.05 Å². The number of aromatic nitrogens is 4. The average Bonchev–Trinajstić information content (AvgIpc) is 2.89. The molecule has 0 unspecified atom stereocenters. The largest absolute Gasteiger partial charge is 0.437 e. The zero-order chi connectivity index (χ0) is 19.3. The van der Waals surface area contributed by atoms with E-state index in [4.69, 9.17) is 4.74 Å². The third kappa shape index (κ3) is 4.07. The molecule has 0 aromatic carbocycles. The molecule has 3 aromatic rings. The molecule has 6 heteroatoms. The molecule has 0 spiro atoms. The van der Waals surface area contributed by atoms with Crippen molar-refractivity contribution in [3.05, 3.63) is 65.9 Å². The van der Waals surface area contributed by atoms with Crippen molar-refractivity contribution in [3.63, 3.8) is 0 Å². The minimum atomic E-state index is 0.399. The van der Waals surface area contributed by atoms with Gasteiger partial charge >= 0.3 is 0 Å². The predicted octanol–water partition coefficient (Wildman–Crippen LogP) is 4.43. The van der Waals surface area contributed by atoms with E-state index in [-0.39, 0.29) is 0 Å². The Labute approximate surface area is 166 Å². The topological polar surface area (TPSA) is 56.1 Å². The Morgan fingerprint density at radius 3 is 2.71 bits per heavy atom. The van der Waals surface area contributed by atoms with Gasteiger partial charge in [-0.05, 0) is 56.1 Å². The SMILES string of the molecule is Cc1nn(C)c(Oc2cccnc2)c1CN1CCCCC[C@@H]1c1ccncc1. The Kier molecular flexibility index (Phi) is 5.67. The molecule has 0 amide bonds. The van der Waals surface area contributed by atoms with Gasteiger partial charge in [-0.2, -0.15) is 5.10 Å². The minimum absolute atomic E-state index is 0.399. The lowest BCUT2D eigenvalue weighted by atomic mass is 10.0. The molecule has 0 aliphatic carbocycles. The Morgan fingerprint density at radius 2 is 1.93 bits per heavy atom. The maximum Gasteiger partial charge on any atom is 0.222 e. The lowest BCUT2D eigenvalue weighted by Crippen LogP contribution is -2.28. The number of aryl methyl sites for hydroxylation is 2. The summed E-state index contributed by atoms with van der Waals surface area (Å²) in [5.41, 5.74) is 3.50. The molecule has 0 N–H and O–H groups in total. The van der Waals surface area contributed by atoms with Crippen LogP contribution in [0.3, 0.4) is 0 Å². The lowest BCUT2D eigenvalue weighted by Gasteiger charge is -2.30. The number of hydrogen-bond donors (Lipinski definition) is 0. The highest BCUT2D eigenvalue weighted by Crippen LogP contribution is 2.34. The molecule has 3 aromatic heterocycles. The number of rotatable bonds is 5. The maximum absolute atomic E-state index is 6.18. The van der Waals surface area contributed by atoms with E-state index in [1.807, 2.05) is 36.3 Å². The Morgan fingerprint density at radius 1 is 1.07 bits per heavy atom. The van der Waals surface area contributed by atoms with Crippen molar-refractivity contribution < 1.29 is 4.74 Å². The van der Waals surface area contributed by atoms with Crippen molar-refractivity contribution in [1.82, 2.24) is 24.6 Å². The van der Waals surface area contributed by atoms with E-state index in [1.165, 1.54) is 31.2 Å². The first-order valence-electron chi connectivity index (χ1n) is 9.96. The van der Waals surface area contributed by atoms with Gasteiger partial charge in [0.25, 0.3) is 0 Å². The first kappa shape index (κ1) is 18.6. The molecule has 146 valence electrons. The van der Waals surface area contributed by atoms with Crippen LogP contribution in [0.5, 0.6) is 11.6 Å². The van der Waals surface area contributed by atoms with Gasteiger partial charge in [-0.3, -0.25) is 14.9 Å². The summed E-state index contributed by atoms with van der Waals surface area (Å²) in [6.45, 7) is 3.96. The fourth-order valence-electron chi connectivity index (χ4n) is 4.03. The third-order valence-corrected chi connectivity index (χ3v) is 5.45. The van der Waals surface area contributed by atoms with E-state index in [0.29, 0.717) is 6.04 Å². The molecule has 1 aliphatic heterocycles. The molecule has 28 heavy (non-hydrogen) atoms. The second-order valence-corrected chi connectivity index (χ2v) is 7.40. The summed E-state index contributed by atoms with van der Waals surface area (Å²) in [5.74, 6) is 1.52. The third-order valence-electron chi connectivity index (χ3n) is 5.45. The van der Waals surface area contributed by atoms with Crippen molar-refractivity contribution in [2.45, 2.75) is 45.2 Å². The molecular formula is C22H27N5O. The van der Waals surface area contributed by atoms with Crippen LogP contribution in [0.2, 0.25) is 0 Å². The summed E-state index contributed by atoms with van der Waals surface area (Å²) in [6, 6.07) is 8.49. The fraction of sp³-hybridized carbons (Fsp3) is 0.409. The Balaban J connectivity index is 1.63. The van der Waals surface area contributed by atoms with Gasteiger partial charge in [0.2, 0.25) is 5.88 Å². The molecule has 1 atom stereocenters. The van der Waals surface area contributed by atoms with Crippen LogP contribution in [-0.4, -0.2) is 31.2 Å². The summed E-state index contributed by atoms with van der Waals surface area (Å²) in [7, 11) is 1.94. The van der Waals surface area contributed by atoms with Crippen molar-refractivity contribution in [3.8, 4) is 11.6 Å². The van der Waals surface area contributed by atoms with Crippen molar-refractivity contribution in [2.75, 3.05) is 6.54 Å². The molecular weight excluding hydrogens is 350 g/mol. The maximum atomic E-state index is 6.18. The summed E-state index contributed by atoms with van der Waals surface area (Å²) >= 11 is 0. The van der Waals surface area contributed by atoms with E-state index >= 15 is 0 Å². The number of nitrogens with zero attached hydrogens (tertiary/aromatic N) is 5. The molecule has 0 saturated carbocycles. The van der Waals surface area contributed by atoms with Crippen molar-refractivity contribution >= 4 is 0 Å². The van der Waals surface area contributed by atoms with Crippen LogP contribution in [-0.2, 0) is 13.6 Å². The van der Waals surface area contributed by atoms with Crippen LogP contribution >= 0.6 is 0 Å². The predicted molar refractivity (Wildman–Crippen MR) is 108 cm³/mol. The summed E-state index contributed by atoms with van der Waals surface area (Å²) < 4.78 is 8.01. The Bertz CT molecular complexity index is 894. The van der Waals surface area contributed by atoms with E-state index in [1.54, 1.807) is 12.4 Å². The number of hydrogen-bond acceptors (Lipinski definition) is 5. The van der Waals surface area contributed by atoms with Crippen molar-refractivity contribution in [1.29, 1.82) is 0 Å².